The number of aryl methyl sites for hydroxylation is 1. The van der Waals surface area contributed by atoms with Gasteiger partial charge in [-0.15, -0.1) is 0 Å². The molecule has 1 aromatic rings. The van der Waals surface area contributed by atoms with Crippen molar-refractivity contribution in [3.05, 3.63) is 29.3 Å². The average Bonchev–Trinajstić information content (AvgIpc) is 2.15. The first kappa shape index (κ1) is 11.8. The summed E-state index contributed by atoms with van der Waals surface area (Å²) in [6, 6.07) is 6.36. The predicted octanol–water partition coefficient (Wildman–Crippen LogP) is 2.90. The molecule has 0 saturated heterocycles. The summed E-state index contributed by atoms with van der Waals surface area (Å²) in [6.45, 7) is 8.96. The van der Waals surface area contributed by atoms with Crippen molar-refractivity contribution in [3.63, 3.8) is 0 Å². The molecular formula is C13H19NO. The van der Waals surface area contributed by atoms with Gasteiger partial charge in [-0.05, 0) is 29.5 Å². The second-order valence-electron chi connectivity index (χ2n) is 4.83. The standard InChI is InChI=1S/C13H19NO/c1-10-5-6-11(13(2,3)4)9-12(10)14-7-8-15/h5-6,8-9,14H,7H2,1-4H3. The van der Waals surface area contributed by atoms with Crippen LogP contribution in [-0.4, -0.2) is 12.8 Å². The normalized spacial score (nSPS) is 11.2. The Kier molecular flexibility index (Phi) is 3.51. The maximum Gasteiger partial charge on any atom is 0.139 e. The molecule has 0 aliphatic rings. The minimum atomic E-state index is 0.144. The molecule has 1 rings (SSSR count). The van der Waals surface area contributed by atoms with E-state index in [2.05, 4.69) is 44.3 Å². The molecule has 0 radical (unpaired) electrons. The lowest BCUT2D eigenvalue weighted by Crippen LogP contribution is -2.12. The molecule has 82 valence electrons. The van der Waals surface area contributed by atoms with E-state index < -0.39 is 0 Å². The largest absolute Gasteiger partial charge is 0.378 e. The number of aldehydes is 1. The first-order valence-electron chi connectivity index (χ1n) is 5.24. The summed E-state index contributed by atoms with van der Waals surface area (Å²) >= 11 is 0. The van der Waals surface area contributed by atoms with Crippen LogP contribution in [0.25, 0.3) is 0 Å². The summed E-state index contributed by atoms with van der Waals surface area (Å²) in [4.78, 5) is 10.3. The molecule has 0 amide bonds. The fourth-order valence-electron chi connectivity index (χ4n) is 1.43. The number of hydrogen-bond acceptors (Lipinski definition) is 2. The number of rotatable bonds is 3. The van der Waals surface area contributed by atoms with E-state index >= 15 is 0 Å². The number of anilines is 1. The average molecular weight is 205 g/mol. The van der Waals surface area contributed by atoms with Gasteiger partial charge in [-0.3, -0.25) is 0 Å². The number of carbonyl (C=O) groups is 1. The van der Waals surface area contributed by atoms with Crippen LogP contribution in [0.3, 0.4) is 0 Å². The Labute approximate surface area is 91.7 Å². The Bertz CT molecular complexity index is 350. The third kappa shape index (κ3) is 3.08. The lowest BCUT2D eigenvalue weighted by Gasteiger charge is -2.21. The van der Waals surface area contributed by atoms with Gasteiger partial charge < -0.3 is 10.1 Å². The molecule has 0 bridgehead atoms. The van der Waals surface area contributed by atoms with E-state index in [0.29, 0.717) is 6.54 Å². The third-order valence-corrected chi connectivity index (χ3v) is 2.48. The van der Waals surface area contributed by atoms with Crippen molar-refractivity contribution in [2.75, 3.05) is 11.9 Å². The summed E-state index contributed by atoms with van der Waals surface area (Å²) in [5.74, 6) is 0. The van der Waals surface area contributed by atoms with Crippen molar-refractivity contribution in [1.29, 1.82) is 0 Å². The molecular weight excluding hydrogens is 186 g/mol. The van der Waals surface area contributed by atoms with Gasteiger partial charge >= 0.3 is 0 Å². The molecule has 1 N–H and O–H groups in total. The Morgan fingerprint density at radius 1 is 1.33 bits per heavy atom. The molecule has 0 unspecified atom stereocenters. The van der Waals surface area contributed by atoms with Gasteiger partial charge in [0.1, 0.15) is 6.29 Å². The highest BCUT2D eigenvalue weighted by Crippen LogP contribution is 2.26. The highest BCUT2D eigenvalue weighted by molar-refractivity contribution is 5.62. The van der Waals surface area contributed by atoms with Gasteiger partial charge in [0.25, 0.3) is 0 Å². The van der Waals surface area contributed by atoms with Gasteiger partial charge in [0.15, 0.2) is 0 Å². The van der Waals surface area contributed by atoms with Crippen molar-refractivity contribution in [3.8, 4) is 0 Å². The number of nitrogens with one attached hydrogen (secondary N) is 1. The summed E-state index contributed by atoms with van der Waals surface area (Å²) in [7, 11) is 0. The zero-order valence-electron chi connectivity index (χ0n) is 9.92. The molecule has 0 fully saturated rings. The minimum Gasteiger partial charge on any atom is -0.378 e. The zero-order valence-corrected chi connectivity index (χ0v) is 9.92. The van der Waals surface area contributed by atoms with Crippen LogP contribution in [-0.2, 0) is 10.2 Å². The molecule has 0 spiro atoms. The highest BCUT2D eigenvalue weighted by atomic mass is 16.1. The molecule has 2 heteroatoms. The van der Waals surface area contributed by atoms with Gasteiger partial charge in [0.2, 0.25) is 0 Å². The second-order valence-corrected chi connectivity index (χ2v) is 4.83. The number of hydrogen-bond donors (Lipinski definition) is 1. The van der Waals surface area contributed by atoms with Crippen LogP contribution in [0.5, 0.6) is 0 Å². The molecule has 15 heavy (non-hydrogen) atoms. The van der Waals surface area contributed by atoms with E-state index in [1.807, 2.05) is 6.92 Å². The fraction of sp³-hybridized carbons (Fsp3) is 0.462. The first-order chi connectivity index (χ1) is 6.95. The molecule has 0 heterocycles. The van der Waals surface area contributed by atoms with Crippen LogP contribution >= 0.6 is 0 Å². The minimum absolute atomic E-state index is 0.144. The molecule has 1 aromatic carbocycles. The summed E-state index contributed by atoms with van der Waals surface area (Å²) in [5.41, 5.74) is 3.64. The van der Waals surface area contributed by atoms with Gasteiger partial charge in [-0.2, -0.15) is 0 Å². The fourth-order valence-corrected chi connectivity index (χ4v) is 1.43. The molecule has 0 aliphatic carbocycles. The van der Waals surface area contributed by atoms with Crippen molar-refractivity contribution in [1.82, 2.24) is 0 Å². The molecule has 0 aliphatic heterocycles. The molecule has 0 atom stereocenters. The van der Waals surface area contributed by atoms with Crippen LogP contribution in [0.2, 0.25) is 0 Å². The van der Waals surface area contributed by atoms with Crippen LogP contribution < -0.4 is 5.32 Å². The smallest absolute Gasteiger partial charge is 0.139 e. The predicted molar refractivity (Wildman–Crippen MR) is 64.4 cm³/mol. The van der Waals surface area contributed by atoms with Crippen molar-refractivity contribution >= 4 is 12.0 Å². The lowest BCUT2D eigenvalue weighted by molar-refractivity contribution is -0.106. The Morgan fingerprint density at radius 2 is 2.00 bits per heavy atom. The van der Waals surface area contributed by atoms with E-state index in [-0.39, 0.29) is 5.41 Å². The van der Waals surface area contributed by atoms with Gasteiger partial charge in [0.05, 0.1) is 6.54 Å². The van der Waals surface area contributed by atoms with Gasteiger partial charge in [-0.25, -0.2) is 0 Å². The zero-order chi connectivity index (χ0) is 11.5. The maximum absolute atomic E-state index is 10.3. The summed E-state index contributed by atoms with van der Waals surface area (Å²) < 4.78 is 0. The van der Waals surface area contributed by atoms with Gasteiger partial charge in [-0.1, -0.05) is 32.9 Å². The summed E-state index contributed by atoms with van der Waals surface area (Å²) in [6.07, 6.45) is 0.878. The SMILES string of the molecule is Cc1ccc(C(C)(C)C)cc1NCC=O. The van der Waals surface area contributed by atoms with Crippen LogP contribution in [0.15, 0.2) is 18.2 Å². The van der Waals surface area contributed by atoms with Crippen LogP contribution in [0, 0.1) is 6.92 Å². The van der Waals surface area contributed by atoms with E-state index in [0.717, 1.165) is 12.0 Å². The second kappa shape index (κ2) is 4.47. The van der Waals surface area contributed by atoms with Crippen LogP contribution in [0.1, 0.15) is 31.9 Å². The Morgan fingerprint density at radius 3 is 2.53 bits per heavy atom. The van der Waals surface area contributed by atoms with Crippen molar-refractivity contribution in [2.24, 2.45) is 0 Å². The third-order valence-electron chi connectivity index (χ3n) is 2.48. The van der Waals surface area contributed by atoms with Gasteiger partial charge in [0, 0.05) is 5.69 Å². The van der Waals surface area contributed by atoms with E-state index in [1.165, 1.54) is 11.1 Å². The van der Waals surface area contributed by atoms with Crippen LogP contribution in [0.4, 0.5) is 5.69 Å². The lowest BCUT2D eigenvalue weighted by atomic mass is 9.86. The van der Waals surface area contributed by atoms with E-state index in [4.69, 9.17) is 0 Å². The Balaban J connectivity index is 3.00. The van der Waals surface area contributed by atoms with E-state index in [9.17, 15) is 4.79 Å². The molecule has 0 saturated carbocycles. The monoisotopic (exact) mass is 205 g/mol. The van der Waals surface area contributed by atoms with E-state index in [1.54, 1.807) is 0 Å². The molecule has 0 aromatic heterocycles. The highest BCUT2D eigenvalue weighted by Gasteiger charge is 2.14. The topological polar surface area (TPSA) is 29.1 Å². The maximum atomic E-state index is 10.3. The summed E-state index contributed by atoms with van der Waals surface area (Å²) in [5, 5.41) is 3.11. The first-order valence-corrected chi connectivity index (χ1v) is 5.24. The number of benzene rings is 1. The number of carbonyl (C=O) groups excluding carboxylic acids is 1. The van der Waals surface area contributed by atoms with Crippen molar-refractivity contribution < 1.29 is 4.79 Å². The van der Waals surface area contributed by atoms with Crippen molar-refractivity contribution in [2.45, 2.75) is 33.1 Å². The quantitative estimate of drug-likeness (QED) is 0.769. The Hall–Kier alpha value is -1.31. The molecule has 2 nitrogen and oxygen atoms in total.